The number of hydrogen-bond donors (Lipinski definition) is 0. The van der Waals surface area contributed by atoms with Crippen LogP contribution in [-0.4, -0.2) is 23.2 Å². The van der Waals surface area contributed by atoms with Gasteiger partial charge in [0.25, 0.3) is 16.8 Å². The van der Waals surface area contributed by atoms with Gasteiger partial charge < -0.3 is 9.15 Å². The molecule has 1 fully saturated rings. The van der Waals surface area contributed by atoms with Crippen molar-refractivity contribution in [2.45, 2.75) is 0 Å². The molecule has 31 heavy (non-hydrogen) atoms. The molecule has 2 aromatic carbocycles. The number of non-ortho nitro benzene ring substituents is 1. The highest BCUT2D eigenvalue weighted by molar-refractivity contribution is 8.19. The first-order valence-electron chi connectivity index (χ1n) is 8.83. The van der Waals surface area contributed by atoms with E-state index in [4.69, 9.17) is 20.8 Å². The van der Waals surface area contributed by atoms with E-state index < -0.39 is 16.1 Å². The predicted molar refractivity (Wildman–Crippen MR) is 117 cm³/mol. The summed E-state index contributed by atoms with van der Waals surface area (Å²) >= 11 is 6.94. The number of hydrogen-bond acceptors (Lipinski definition) is 7. The fraction of sp³-hybridized carbons (Fsp3) is 0.0476. The summed E-state index contributed by atoms with van der Waals surface area (Å²) in [4.78, 5) is 36.8. The standard InChI is InChI=1S/C21H13ClN2O6S/c1-29-14-4-2-3-12(9-14)23-20(25)19(31-21(23)26)11-15-6-8-18(30-15)16-7-5-13(24(27)28)10-17(16)22/h2-11H,1H3/b19-11+. The van der Waals surface area contributed by atoms with Crippen molar-refractivity contribution in [1.82, 2.24) is 0 Å². The minimum Gasteiger partial charge on any atom is -0.497 e. The van der Waals surface area contributed by atoms with Gasteiger partial charge in [0.15, 0.2) is 0 Å². The summed E-state index contributed by atoms with van der Waals surface area (Å²) in [5, 5.41) is 10.6. The van der Waals surface area contributed by atoms with E-state index in [1.165, 1.54) is 31.4 Å². The van der Waals surface area contributed by atoms with Gasteiger partial charge in [0, 0.05) is 29.8 Å². The lowest BCUT2D eigenvalue weighted by Gasteiger charge is -2.13. The van der Waals surface area contributed by atoms with Crippen molar-refractivity contribution >= 4 is 52.0 Å². The van der Waals surface area contributed by atoms with E-state index >= 15 is 0 Å². The molecule has 0 atom stereocenters. The quantitative estimate of drug-likeness (QED) is 0.273. The number of carbonyl (C=O) groups is 2. The third-order valence-electron chi connectivity index (χ3n) is 4.43. The first kappa shape index (κ1) is 20.7. The van der Waals surface area contributed by atoms with Crippen molar-refractivity contribution < 1.29 is 23.7 Å². The second kappa shape index (κ2) is 8.29. The van der Waals surface area contributed by atoms with Crippen LogP contribution in [0.2, 0.25) is 5.02 Å². The van der Waals surface area contributed by atoms with Crippen LogP contribution in [0.4, 0.5) is 16.2 Å². The van der Waals surface area contributed by atoms with Gasteiger partial charge in [-0.15, -0.1) is 0 Å². The smallest absolute Gasteiger partial charge is 0.298 e. The molecule has 4 rings (SSSR count). The third kappa shape index (κ3) is 4.05. The van der Waals surface area contributed by atoms with Crippen LogP contribution >= 0.6 is 23.4 Å². The summed E-state index contributed by atoms with van der Waals surface area (Å²) in [6.07, 6.45) is 1.47. The van der Waals surface area contributed by atoms with Gasteiger partial charge in [0.1, 0.15) is 17.3 Å². The molecular formula is C21H13ClN2O6S. The Balaban J connectivity index is 1.60. The number of methoxy groups -OCH3 is 1. The summed E-state index contributed by atoms with van der Waals surface area (Å²) in [6, 6.07) is 13.9. The number of ether oxygens (including phenoxy) is 1. The minimum absolute atomic E-state index is 0.133. The average Bonchev–Trinajstić information content (AvgIpc) is 3.32. The van der Waals surface area contributed by atoms with E-state index in [-0.39, 0.29) is 15.6 Å². The highest BCUT2D eigenvalue weighted by atomic mass is 35.5. The molecule has 0 spiro atoms. The molecule has 156 valence electrons. The Bertz CT molecular complexity index is 1250. The summed E-state index contributed by atoms with van der Waals surface area (Å²) in [5.74, 6) is 0.754. The molecule has 0 bridgehead atoms. The lowest BCUT2D eigenvalue weighted by Crippen LogP contribution is -2.27. The maximum atomic E-state index is 12.8. The van der Waals surface area contributed by atoms with Crippen molar-refractivity contribution in [3.8, 4) is 17.1 Å². The van der Waals surface area contributed by atoms with Crippen LogP contribution in [0.25, 0.3) is 17.4 Å². The number of nitro groups is 1. The molecule has 2 amide bonds. The Morgan fingerprint density at radius 2 is 1.97 bits per heavy atom. The third-order valence-corrected chi connectivity index (χ3v) is 5.62. The van der Waals surface area contributed by atoms with Crippen LogP contribution < -0.4 is 9.64 Å². The molecule has 0 N–H and O–H groups in total. The van der Waals surface area contributed by atoms with Gasteiger partial charge in [-0.1, -0.05) is 17.7 Å². The van der Waals surface area contributed by atoms with Crippen molar-refractivity contribution in [3.63, 3.8) is 0 Å². The average molecular weight is 457 g/mol. The molecular weight excluding hydrogens is 444 g/mol. The van der Waals surface area contributed by atoms with Crippen molar-refractivity contribution in [1.29, 1.82) is 0 Å². The lowest BCUT2D eigenvalue weighted by atomic mass is 10.1. The number of furan rings is 1. The Kier molecular flexibility index (Phi) is 5.53. The van der Waals surface area contributed by atoms with Gasteiger partial charge in [0.2, 0.25) is 0 Å². The number of rotatable bonds is 5. The molecule has 0 saturated carbocycles. The van der Waals surface area contributed by atoms with E-state index in [0.717, 1.165) is 16.7 Å². The van der Waals surface area contributed by atoms with Gasteiger partial charge in [-0.2, -0.15) is 0 Å². The Morgan fingerprint density at radius 1 is 1.16 bits per heavy atom. The van der Waals surface area contributed by atoms with Crippen LogP contribution in [0.15, 0.2) is 63.9 Å². The molecule has 1 saturated heterocycles. The van der Waals surface area contributed by atoms with Crippen molar-refractivity contribution in [2.24, 2.45) is 0 Å². The van der Waals surface area contributed by atoms with Crippen LogP contribution in [-0.2, 0) is 4.79 Å². The van der Waals surface area contributed by atoms with E-state index in [9.17, 15) is 19.7 Å². The number of benzene rings is 2. The molecule has 10 heteroatoms. The topological polar surface area (TPSA) is 103 Å². The van der Waals surface area contributed by atoms with E-state index in [0.29, 0.717) is 28.5 Å². The molecule has 8 nitrogen and oxygen atoms in total. The van der Waals surface area contributed by atoms with Gasteiger partial charge in [-0.05, 0) is 42.1 Å². The number of amides is 2. The summed E-state index contributed by atoms with van der Waals surface area (Å²) in [5.41, 5.74) is 0.742. The molecule has 2 heterocycles. The predicted octanol–water partition coefficient (Wildman–Crippen LogP) is 5.76. The monoisotopic (exact) mass is 456 g/mol. The number of carbonyl (C=O) groups excluding carboxylic acids is 2. The second-order valence-electron chi connectivity index (χ2n) is 6.34. The van der Waals surface area contributed by atoms with Crippen molar-refractivity contribution in [3.05, 3.63) is 80.4 Å². The van der Waals surface area contributed by atoms with Crippen molar-refractivity contribution in [2.75, 3.05) is 12.0 Å². The van der Waals surface area contributed by atoms with Crippen LogP contribution in [0.5, 0.6) is 5.75 Å². The van der Waals surface area contributed by atoms with Gasteiger partial charge in [-0.25, -0.2) is 4.90 Å². The lowest BCUT2D eigenvalue weighted by molar-refractivity contribution is -0.384. The zero-order valence-corrected chi connectivity index (χ0v) is 17.5. The van der Waals surface area contributed by atoms with E-state index in [1.807, 2.05) is 0 Å². The number of halogens is 1. The molecule has 3 aromatic rings. The summed E-state index contributed by atoms with van der Waals surface area (Å²) in [7, 11) is 1.50. The number of thioether (sulfide) groups is 1. The SMILES string of the molecule is COc1cccc(N2C(=O)S/C(=C/c3ccc(-c4ccc([N+](=O)[O-])cc4Cl)o3)C2=O)c1. The Labute approximate surface area is 185 Å². The van der Waals surface area contributed by atoms with Gasteiger partial charge >= 0.3 is 0 Å². The first-order chi connectivity index (χ1) is 14.9. The molecule has 1 aromatic heterocycles. The first-order valence-corrected chi connectivity index (χ1v) is 10.0. The largest absolute Gasteiger partial charge is 0.497 e. The fourth-order valence-electron chi connectivity index (χ4n) is 2.96. The van der Waals surface area contributed by atoms with Gasteiger partial charge in [-0.3, -0.25) is 19.7 Å². The fourth-order valence-corrected chi connectivity index (χ4v) is 4.05. The number of nitrogens with zero attached hydrogens (tertiary/aromatic N) is 2. The maximum Gasteiger partial charge on any atom is 0.298 e. The molecule has 0 unspecified atom stereocenters. The summed E-state index contributed by atoms with van der Waals surface area (Å²) < 4.78 is 10.9. The zero-order valence-electron chi connectivity index (χ0n) is 15.9. The van der Waals surface area contributed by atoms with Gasteiger partial charge in [0.05, 0.1) is 27.6 Å². The van der Waals surface area contributed by atoms with E-state index in [2.05, 4.69) is 0 Å². The zero-order chi connectivity index (χ0) is 22.1. The molecule has 0 aliphatic carbocycles. The highest BCUT2D eigenvalue weighted by Gasteiger charge is 2.36. The number of anilines is 1. The molecule has 0 radical (unpaired) electrons. The minimum atomic E-state index is -0.540. The van der Waals surface area contributed by atoms with Crippen LogP contribution in [0.3, 0.4) is 0 Å². The van der Waals surface area contributed by atoms with Crippen LogP contribution in [0.1, 0.15) is 5.76 Å². The Hall–Kier alpha value is -3.56. The molecule has 1 aliphatic rings. The molecule has 1 aliphatic heterocycles. The normalized spacial score (nSPS) is 15.0. The number of imide groups is 1. The Morgan fingerprint density at radius 3 is 2.68 bits per heavy atom. The highest BCUT2D eigenvalue weighted by Crippen LogP contribution is 2.38. The van der Waals surface area contributed by atoms with Crippen LogP contribution in [0, 0.1) is 10.1 Å². The number of nitro benzene ring substituents is 1. The van der Waals surface area contributed by atoms with E-state index in [1.54, 1.807) is 36.4 Å². The second-order valence-corrected chi connectivity index (χ2v) is 7.74. The summed E-state index contributed by atoms with van der Waals surface area (Å²) in [6.45, 7) is 0. The maximum absolute atomic E-state index is 12.8.